The molecule has 2 heterocycles. The van der Waals surface area contributed by atoms with Gasteiger partial charge in [-0.3, -0.25) is 0 Å². The molecule has 9 heteroatoms. The molecule has 6 rings (SSSR count). The number of ether oxygens (including phenoxy) is 2. The van der Waals surface area contributed by atoms with Gasteiger partial charge in [-0.05, 0) is 107 Å². The Kier molecular flexibility index (Phi) is 9.20. The third kappa shape index (κ3) is 6.69. The van der Waals surface area contributed by atoms with Crippen LogP contribution < -0.4 is 9.64 Å². The van der Waals surface area contributed by atoms with Gasteiger partial charge in [0.2, 0.25) is 0 Å². The standard InChI is InChI=1S/C37H45N5O3S/c1-25-20-28(44-24-26-10-7-6-8-11-26)21-31-29(25)12-9-15-37(31)16-13-30-32(22-37)39-34(46-5)40-33(30)41-18-19-42(27(23-41)14-17-38)35(43)45-36(2,3)4/h6-8,10-11,20-21,27H,9,12-16,18-19,22-24H2,1-5H3/t27-,37?/m0/s1. The van der Waals surface area contributed by atoms with Crippen LogP contribution in [0.3, 0.4) is 0 Å². The number of aromatic nitrogens is 2. The lowest BCUT2D eigenvalue weighted by atomic mass is 9.61. The van der Waals surface area contributed by atoms with E-state index in [0.717, 1.165) is 60.1 Å². The smallest absolute Gasteiger partial charge is 0.410 e. The van der Waals surface area contributed by atoms with Crippen molar-refractivity contribution in [2.75, 3.05) is 30.8 Å². The van der Waals surface area contributed by atoms with Crippen molar-refractivity contribution >= 4 is 23.7 Å². The third-order valence-electron chi connectivity index (χ3n) is 9.68. The predicted octanol–water partition coefficient (Wildman–Crippen LogP) is 7.19. The Morgan fingerprint density at radius 2 is 1.91 bits per heavy atom. The molecule has 1 aliphatic heterocycles. The quantitative estimate of drug-likeness (QED) is 0.207. The summed E-state index contributed by atoms with van der Waals surface area (Å²) in [5.41, 5.74) is 7.14. The minimum absolute atomic E-state index is 0.0114. The van der Waals surface area contributed by atoms with E-state index in [1.54, 1.807) is 16.7 Å². The number of piperazine rings is 1. The fraction of sp³-hybridized carbons (Fsp3) is 0.514. The van der Waals surface area contributed by atoms with Crippen LogP contribution in [0, 0.1) is 18.3 Å². The summed E-state index contributed by atoms with van der Waals surface area (Å²) in [5.74, 6) is 1.90. The molecule has 1 unspecified atom stereocenters. The second-order valence-electron chi connectivity index (χ2n) is 13.9. The van der Waals surface area contributed by atoms with Crippen molar-refractivity contribution in [1.29, 1.82) is 5.26 Å². The van der Waals surface area contributed by atoms with Crippen molar-refractivity contribution in [3.63, 3.8) is 0 Å². The molecule has 242 valence electrons. The van der Waals surface area contributed by atoms with Gasteiger partial charge in [0.1, 0.15) is 23.8 Å². The molecule has 1 saturated heterocycles. The zero-order valence-electron chi connectivity index (χ0n) is 27.8. The van der Waals surface area contributed by atoms with Gasteiger partial charge in [-0.25, -0.2) is 14.8 Å². The van der Waals surface area contributed by atoms with E-state index in [9.17, 15) is 10.1 Å². The van der Waals surface area contributed by atoms with Crippen LogP contribution in [0.1, 0.15) is 80.0 Å². The fourth-order valence-corrected chi connectivity index (χ4v) is 7.89. The van der Waals surface area contributed by atoms with Gasteiger partial charge in [0, 0.05) is 30.6 Å². The van der Waals surface area contributed by atoms with Crippen LogP contribution in [-0.2, 0) is 36.0 Å². The molecule has 1 amide bonds. The van der Waals surface area contributed by atoms with Crippen LogP contribution in [0.15, 0.2) is 47.6 Å². The number of aryl methyl sites for hydroxylation is 1. The van der Waals surface area contributed by atoms with Gasteiger partial charge in [0.05, 0.1) is 24.2 Å². The minimum atomic E-state index is -0.592. The van der Waals surface area contributed by atoms with E-state index < -0.39 is 5.60 Å². The summed E-state index contributed by atoms with van der Waals surface area (Å²) >= 11 is 1.57. The van der Waals surface area contributed by atoms with Crippen LogP contribution in [0.5, 0.6) is 5.75 Å². The number of rotatable bonds is 6. The van der Waals surface area contributed by atoms with Crippen LogP contribution in [0.4, 0.5) is 10.6 Å². The number of nitriles is 1. The van der Waals surface area contributed by atoms with Crippen LogP contribution in [-0.4, -0.2) is 58.5 Å². The average Bonchev–Trinajstić information content (AvgIpc) is 3.03. The number of nitrogens with zero attached hydrogens (tertiary/aromatic N) is 5. The van der Waals surface area contributed by atoms with E-state index in [0.29, 0.717) is 26.2 Å². The lowest BCUT2D eigenvalue weighted by Gasteiger charge is -2.45. The van der Waals surface area contributed by atoms with Crippen molar-refractivity contribution < 1.29 is 14.3 Å². The highest BCUT2D eigenvalue weighted by Gasteiger charge is 2.43. The van der Waals surface area contributed by atoms with E-state index in [1.807, 2.05) is 33.1 Å². The number of anilines is 1. The largest absolute Gasteiger partial charge is 0.489 e. The van der Waals surface area contributed by atoms with E-state index in [-0.39, 0.29) is 24.0 Å². The Bertz CT molecular complexity index is 1630. The van der Waals surface area contributed by atoms with E-state index in [2.05, 4.69) is 54.3 Å². The second-order valence-corrected chi connectivity index (χ2v) is 14.7. The maximum Gasteiger partial charge on any atom is 0.410 e. The summed E-state index contributed by atoms with van der Waals surface area (Å²) in [6.45, 7) is 10.0. The monoisotopic (exact) mass is 639 g/mol. The summed E-state index contributed by atoms with van der Waals surface area (Å²) < 4.78 is 12.1. The minimum Gasteiger partial charge on any atom is -0.489 e. The first-order valence-corrected chi connectivity index (χ1v) is 17.7. The number of benzene rings is 2. The van der Waals surface area contributed by atoms with E-state index in [4.69, 9.17) is 19.4 Å². The maximum atomic E-state index is 13.0. The van der Waals surface area contributed by atoms with Crippen molar-refractivity contribution in [2.45, 2.75) is 101 Å². The number of thioether (sulfide) groups is 1. The molecule has 1 fully saturated rings. The number of hydrogen-bond acceptors (Lipinski definition) is 8. The number of carbonyl (C=O) groups is 1. The lowest BCUT2D eigenvalue weighted by Crippen LogP contribution is -2.56. The summed E-state index contributed by atoms with van der Waals surface area (Å²) in [6.07, 6.45) is 8.11. The number of carbonyl (C=O) groups excluding carboxylic acids is 1. The molecular formula is C37H45N5O3S. The van der Waals surface area contributed by atoms with E-state index >= 15 is 0 Å². The lowest BCUT2D eigenvalue weighted by molar-refractivity contribution is 0.0144. The molecule has 2 atom stereocenters. The summed E-state index contributed by atoms with van der Waals surface area (Å²) in [6, 6.07) is 16.9. The zero-order chi connectivity index (χ0) is 32.5. The number of fused-ring (bicyclic) bond motifs is 3. The summed E-state index contributed by atoms with van der Waals surface area (Å²) in [7, 11) is 0. The van der Waals surface area contributed by atoms with Crippen LogP contribution in [0.25, 0.3) is 0 Å². The molecule has 46 heavy (non-hydrogen) atoms. The fourth-order valence-electron chi connectivity index (χ4n) is 7.51. The van der Waals surface area contributed by atoms with Gasteiger partial charge >= 0.3 is 6.09 Å². The molecule has 2 aromatic carbocycles. The second kappa shape index (κ2) is 13.2. The van der Waals surface area contributed by atoms with Crippen molar-refractivity contribution in [3.8, 4) is 11.8 Å². The topological polar surface area (TPSA) is 91.6 Å². The van der Waals surface area contributed by atoms with Crippen molar-refractivity contribution in [2.24, 2.45) is 0 Å². The molecule has 0 N–H and O–H groups in total. The Morgan fingerprint density at radius 1 is 1.11 bits per heavy atom. The van der Waals surface area contributed by atoms with Gasteiger partial charge in [-0.15, -0.1) is 0 Å². The SMILES string of the molecule is CSc1nc2c(c(N3CCN(C(=O)OC(C)(C)C)[C@@H](CC#N)C3)n1)CCC1(CCCc3c(C)cc(OCc4ccccc4)cc31)C2. The maximum absolute atomic E-state index is 13.0. The van der Waals surface area contributed by atoms with Crippen LogP contribution in [0.2, 0.25) is 0 Å². The molecule has 0 bridgehead atoms. The molecule has 3 aliphatic rings. The number of amides is 1. The Labute approximate surface area is 277 Å². The first kappa shape index (κ1) is 32.2. The molecule has 3 aromatic rings. The molecule has 0 saturated carbocycles. The Morgan fingerprint density at radius 3 is 2.65 bits per heavy atom. The predicted molar refractivity (Wildman–Crippen MR) is 182 cm³/mol. The zero-order valence-corrected chi connectivity index (χ0v) is 28.6. The number of hydrogen-bond donors (Lipinski definition) is 0. The normalized spacial score (nSPS) is 20.9. The highest BCUT2D eigenvalue weighted by molar-refractivity contribution is 7.98. The Balaban J connectivity index is 1.29. The third-order valence-corrected chi connectivity index (χ3v) is 10.2. The molecule has 1 aromatic heterocycles. The first-order chi connectivity index (χ1) is 22.1. The van der Waals surface area contributed by atoms with Crippen molar-refractivity contribution in [3.05, 3.63) is 76.0 Å². The highest BCUT2D eigenvalue weighted by Crippen LogP contribution is 2.49. The molecule has 8 nitrogen and oxygen atoms in total. The Hall–Kier alpha value is -3.77. The van der Waals surface area contributed by atoms with Crippen LogP contribution >= 0.6 is 11.8 Å². The first-order valence-electron chi connectivity index (χ1n) is 16.4. The van der Waals surface area contributed by atoms with Gasteiger partial charge < -0.3 is 19.3 Å². The highest BCUT2D eigenvalue weighted by atomic mass is 32.2. The van der Waals surface area contributed by atoms with E-state index in [1.165, 1.54) is 28.7 Å². The average molecular weight is 640 g/mol. The van der Waals surface area contributed by atoms with Gasteiger partial charge in [0.25, 0.3) is 0 Å². The molecule has 2 aliphatic carbocycles. The molecule has 0 radical (unpaired) electrons. The van der Waals surface area contributed by atoms with Gasteiger partial charge in [0.15, 0.2) is 5.16 Å². The summed E-state index contributed by atoms with van der Waals surface area (Å²) in [5, 5.41) is 10.4. The summed E-state index contributed by atoms with van der Waals surface area (Å²) in [4.78, 5) is 27.2. The van der Waals surface area contributed by atoms with Gasteiger partial charge in [-0.2, -0.15) is 5.26 Å². The van der Waals surface area contributed by atoms with Gasteiger partial charge in [-0.1, -0.05) is 42.1 Å². The van der Waals surface area contributed by atoms with Crippen molar-refractivity contribution in [1.82, 2.24) is 14.9 Å². The molecular weight excluding hydrogens is 595 g/mol. The molecule has 1 spiro atoms.